The van der Waals surface area contributed by atoms with Gasteiger partial charge in [-0.1, -0.05) is 176 Å². The predicted octanol–water partition coefficient (Wildman–Crippen LogP) is 14.2. The molecule has 0 amide bonds. The number of hydrogen-bond acceptors (Lipinski definition) is 6. The van der Waals surface area contributed by atoms with Gasteiger partial charge in [-0.15, -0.1) is 0 Å². The monoisotopic (exact) mass is 795 g/mol. The number of hydrogen-bond donors (Lipinski definition) is 0. The molecule has 0 aliphatic rings. The number of fused-ring (bicyclic) bond motifs is 3. The average Bonchev–Trinajstić information content (AvgIpc) is 3.73. The maximum absolute atomic E-state index is 6.62. The molecule has 0 aliphatic heterocycles. The van der Waals surface area contributed by atoms with Crippen LogP contribution < -0.4 is 0 Å². The number of para-hydroxylation sites is 1. The number of nitrogens with zero attached hydrogens (tertiary/aromatic N) is 5. The number of furan rings is 1. The zero-order valence-corrected chi connectivity index (χ0v) is 33.8. The number of aromatic nitrogens is 5. The molecular weight excluding hydrogens is 759 g/mol. The summed E-state index contributed by atoms with van der Waals surface area (Å²) in [6.07, 6.45) is 0. The van der Waals surface area contributed by atoms with E-state index in [1.54, 1.807) is 0 Å². The van der Waals surface area contributed by atoms with Crippen molar-refractivity contribution in [1.82, 2.24) is 24.9 Å². The van der Waals surface area contributed by atoms with Gasteiger partial charge in [0.05, 0.1) is 11.4 Å². The maximum atomic E-state index is 6.62. The van der Waals surface area contributed by atoms with Crippen molar-refractivity contribution in [2.75, 3.05) is 0 Å². The van der Waals surface area contributed by atoms with Crippen LogP contribution in [-0.4, -0.2) is 24.9 Å². The van der Waals surface area contributed by atoms with Gasteiger partial charge in [0.15, 0.2) is 23.3 Å². The molecule has 0 bridgehead atoms. The van der Waals surface area contributed by atoms with Gasteiger partial charge in [-0.3, -0.25) is 0 Å². The Hall–Kier alpha value is -8.35. The van der Waals surface area contributed by atoms with Crippen LogP contribution in [0.3, 0.4) is 0 Å². The lowest BCUT2D eigenvalue weighted by atomic mass is 9.93. The largest absolute Gasteiger partial charge is 0.456 e. The smallest absolute Gasteiger partial charge is 0.164 e. The molecule has 0 atom stereocenters. The van der Waals surface area contributed by atoms with E-state index in [9.17, 15) is 0 Å². The molecule has 0 N–H and O–H groups in total. The second-order valence-corrected chi connectivity index (χ2v) is 15.3. The third kappa shape index (κ3) is 6.89. The maximum Gasteiger partial charge on any atom is 0.164 e. The molecule has 0 spiro atoms. The Bertz CT molecular complexity index is 3290. The normalized spacial score (nSPS) is 11.3. The second kappa shape index (κ2) is 15.7. The van der Waals surface area contributed by atoms with Gasteiger partial charge in [-0.05, 0) is 59.5 Å². The summed E-state index contributed by atoms with van der Waals surface area (Å²) < 4.78 is 6.62. The van der Waals surface area contributed by atoms with E-state index in [0.29, 0.717) is 23.3 Å². The Morgan fingerprint density at radius 1 is 0.306 bits per heavy atom. The minimum atomic E-state index is 0.597. The first kappa shape index (κ1) is 36.7. The highest BCUT2D eigenvalue weighted by Crippen LogP contribution is 2.42. The van der Waals surface area contributed by atoms with Crippen molar-refractivity contribution >= 4 is 21.9 Å². The van der Waals surface area contributed by atoms with E-state index < -0.39 is 0 Å². The van der Waals surface area contributed by atoms with Crippen LogP contribution >= 0.6 is 0 Å². The first-order valence-electron chi connectivity index (χ1n) is 20.7. The van der Waals surface area contributed by atoms with Gasteiger partial charge >= 0.3 is 0 Å². The SMILES string of the molecule is Cc1c(-c2ccccc2)nc(-c2cccc(-c3cc(-c4cccc(-c5nc(-c6ccccc6)nc(-c6ccccc6)n5)c4)cc4oc5ccccc5c34)c2)nc1-c1ccccc1. The fourth-order valence-electron chi connectivity index (χ4n) is 8.25. The van der Waals surface area contributed by atoms with Crippen LogP contribution in [0.5, 0.6) is 0 Å². The van der Waals surface area contributed by atoms with E-state index >= 15 is 0 Å². The summed E-state index contributed by atoms with van der Waals surface area (Å²) in [7, 11) is 0. The van der Waals surface area contributed by atoms with Gasteiger partial charge in [-0.2, -0.15) is 0 Å². The highest BCUT2D eigenvalue weighted by Gasteiger charge is 2.20. The van der Waals surface area contributed by atoms with Crippen molar-refractivity contribution in [1.29, 1.82) is 0 Å². The topological polar surface area (TPSA) is 77.6 Å². The Kier molecular flexibility index (Phi) is 9.28. The Balaban J connectivity index is 1.07. The van der Waals surface area contributed by atoms with Gasteiger partial charge < -0.3 is 4.42 Å². The van der Waals surface area contributed by atoms with E-state index in [-0.39, 0.29) is 0 Å². The molecule has 6 heteroatoms. The van der Waals surface area contributed by atoms with Crippen molar-refractivity contribution in [3.63, 3.8) is 0 Å². The fraction of sp³-hybridized carbons (Fsp3) is 0.0179. The van der Waals surface area contributed by atoms with Gasteiger partial charge in [0.1, 0.15) is 11.2 Å². The van der Waals surface area contributed by atoms with Gasteiger partial charge in [0.25, 0.3) is 0 Å². The van der Waals surface area contributed by atoms with E-state index in [1.165, 1.54) is 0 Å². The number of rotatable bonds is 8. The molecule has 292 valence electrons. The standard InChI is InChI=1S/C56H37N5O/c1-36-51(37-18-6-2-7-19-37)57-55(58-52(36)38-20-8-3-9-21-38)44-29-17-27-42(33-44)47-34-45(35-49-50(47)46-30-14-15-31-48(46)62-49)41-26-16-28-43(32-41)56-60-53(39-22-10-4-11-23-39)59-54(61-56)40-24-12-5-13-25-40/h2-35H,1H3. The number of benzene rings is 8. The molecule has 0 fully saturated rings. The summed E-state index contributed by atoms with van der Waals surface area (Å²) in [4.78, 5) is 25.4. The first-order valence-corrected chi connectivity index (χ1v) is 20.7. The lowest BCUT2D eigenvalue weighted by Crippen LogP contribution is -2.00. The van der Waals surface area contributed by atoms with Crippen LogP contribution in [0.1, 0.15) is 5.56 Å². The Morgan fingerprint density at radius 2 is 0.726 bits per heavy atom. The van der Waals surface area contributed by atoms with Gasteiger partial charge in [0.2, 0.25) is 0 Å². The first-order chi connectivity index (χ1) is 30.6. The molecule has 3 aromatic heterocycles. The summed E-state index contributed by atoms with van der Waals surface area (Å²) in [5, 5.41) is 2.11. The predicted molar refractivity (Wildman–Crippen MR) is 251 cm³/mol. The highest BCUT2D eigenvalue weighted by atomic mass is 16.3. The van der Waals surface area contributed by atoms with Crippen molar-refractivity contribution in [3.05, 3.63) is 212 Å². The summed E-state index contributed by atoms with van der Waals surface area (Å²) in [5.74, 6) is 2.50. The quantitative estimate of drug-likeness (QED) is 0.152. The molecule has 0 radical (unpaired) electrons. The van der Waals surface area contributed by atoms with E-state index in [0.717, 1.165) is 94.5 Å². The van der Waals surface area contributed by atoms with E-state index in [1.807, 2.05) is 84.9 Å². The summed E-state index contributed by atoms with van der Waals surface area (Å²) >= 11 is 0. The van der Waals surface area contributed by atoms with Crippen molar-refractivity contribution in [2.24, 2.45) is 0 Å². The van der Waals surface area contributed by atoms with Gasteiger partial charge in [0, 0.05) is 49.7 Å². The molecule has 0 unspecified atom stereocenters. The zero-order valence-electron chi connectivity index (χ0n) is 33.8. The molecule has 11 rings (SSSR count). The van der Waals surface area contributed by atoms with Crippen LogP contribution in [0, 0.1) is 6.92 Å². The molecular formula is C56H37N5O. The molecule has 8 aromatic carbocycles. The van der Waals surface area contributed by atoms with Crippen LogP contribution in [0.25, 0.3) is 112 Å². The van der Waals surface area contributed by atoms with E-state index in [2.05, 4.69) is 128 Å². The van der Waals surface area contributed by atoms with Crippen molar-refractivity contribution in [2.45, 2.75) is 6.92 Å². The summed E-state index contributed by atoms with van der Waals surface area (Å²) in [5.41, 5.74) is 14.3. The Labute approximate surface area is 359 Å². The molecule has 6 nitrogen and oxygen atoms in total. The molecule has 0 saturated heterocycles. The lowest BCUT2D eigenvalue weighted by Gasteiger charge is -2.15. The van der Waals surface area contributed by atoms with Crippen LogP contribution in [0.2, 0.25) is 0 Å². The molecule has 11 aromatic rings. The Morgan fingerprint density at radius 3 is 1.29 bits per heavy atom. The van der Waals surface area contributed by atoms with Crippen molar-refractivity contribution < 1.29 is 4.42 Å². The summed E-state index contributed by atoms with van der Waals surface area (Å²) in [6, 6.07) is 70.4. The lowest BCUT2D eigenvalue weighted by molar-refractivity contribution is 0.669. The minimum Gasteiger partial charge on any atom is -0.456 e. The van der Waals surface area contributed by atoms with Crippen LogP contribution in [0.15, 0.2) is 211 Å². The highest BCUT2D eigenvalue weighted by molar-refractivity contribution is 6.14. The van der Waals surface area contributed by atoms with Crippen molar-refractivity contribution in [3.8, 4) is 90.3 Å². The average molecular weight is 796 g/mol. The van der Waals surface area contributed by atoms with E-state index in [4.69, 9.17) is 29.3 Å². The molecule has 0 saturated carbocycles. The third-order valence-corrected chi connectivity index (χ3v) is 11.3. The van der Waals surface area contributed by atoms with Crippen LogP contribution in [-0.2, 0) is 0 Å². The second-order valence-electron chi connectivity index (χ2n) is 15.3. The third-order valence-electron chi connectivity index (χ3n) is 11.3. The molecule has 3 heterocycles. The molecule has 62 heavy (non-hydrogen) atoms. The summed E-state index contributed by atoms with van der Waals surface area (Å²) in [6.45, 7) is 2.11. The zero-order chi connectivity index (χ0) is 41.4. The molecule has 0 aliphatic carbocycles. The van der Waals surface area contributed by atoms with Gasteiger partial charge in [-0.25, -0.2) is 24.9 Å². The fourth-order valence-corrected chi connectivity index (χ4v) is 8.25. The minimum absolute atomic E-state index is 0.597. The van der Waals surface area contributed by atoms with Crippen LogP contribution in [0.4, 0.5) is 0 Å².